The molecule has 21 heavy (non-hydrogen) atoms. The fraction of sp³-hybridized carbons (Fsp3) is 0.647. The SMILES string of the molecule is CCC(N)Cc1cc(F)ccc1OCC1CCC(C)(C)O1. The van der Waals surface area contributed by atoms with Crippen LogP contribution in [0.5, 0.6) is 5.75 Å². The molecule has 2 N–H and O–H groups in total. The van der Waals surface area contributed by atoms with Gasteiger partial charge in [0.05, 0.1) is 11.7 Å². The van der Waals surface area contributed by atoms with E-state index in [1.54, 1.807) is 6.07 Å². The van der Waals surface area contributed by atoms with Crippen LogP contribution in [0.15, 0.2) is 18.2 Å². The second-order valence-electron chi connectivity index (χ2n) is 6.47. The number of rotatable bonds is 6. The molecular formula is C17H26FNO2. The number of halogens is 1. The number of benzene rings is 1. The van der Waals surface area contributed by atoms with E-state index in [1.165, 1.54) is 12.1 Å². The van der Waals surface area contributed by atoms with Crippen molar-refractivity contribution in [1.29, 1.82) is 0 Å². The Kier molecular flexibility index (Phi) is 5.22. The Morgan fingerprint density at radius 3 is 2.86 bits per heavy atom. The third kappa shape index (κ3) is 4.68. The molecule has 2 atom stereocenters. The zero-order valence-corrected chi connectivity index (χ0v) is 13.2. The average molecular weight is 295 g/mol. The van der Waals surface area contributed by atoms with Crippen LogP contribution < -0.4 is 10.5 Å². The van der Waals surface area contributed by atoms with Crippen LogP contribution in [0.3, 0.4) is 0 Å². The minimum atomic E-state index is -0.251. The highest BCUT2D eigenvalue weighted by Crippen LogP contribution is 2.30. The van der Waals surface area contributed by atoms with Gasteiger partial charge in [0.1, 0.15) is 18.2 Å². The summed E-state index contributed by atoms with van der Waals surface area (Å²) in [5.41, 5.74) is 6.74. The van der Waals surface area contributed by atoms with Gasteiger partial charge in [-0.05, 0) is 63.3 Å². The number of hydrogen-bond acceptors (Lipinski definition) is 3. The van der Waals surface area contributed by atoms with Gasteiger partial charge in [-0.25, -0.2) is 4.39 Å². The Balaban J connectivity index is 1.99. The molecule has 0 aromatic heterocycles. The highest BCUT2D eigenvalue weighted by atomic mass is 19.1. The van der Waals surface area contributed by atoms with Crippen molar-refractivity contribution in [3.63, 3.8) is 0 Å². The molecule has 118 valence electrons. The van der Waals surface area contributed by atoms with Crippen LogP contribution in [0.2, 0.25) is 0 Å². The van der Waals surface area contributed by atoms with Gasteiger partial charge in [-0.3, -0.25) is 0 Å². The third-order valence-corrected chi connectivity index (χ3v) is 4.01. The second kappa shape index (κ2) is 6.75. The van der Waals surface area contributed by atoms with Crippen molar-refractivity contribution >= 4 is 0 Å². The fourth-order valence-corrected chi connectivity index (χ4v) is 2.65. The molecule has 1 aromatic carbocycles. The van der Waals surface area contributed by atoms with Crippen molar-refractivity contribution < 1.29 is 13.9 Å². The van der Waals surface area contributed by atoms with E-state index in [1.807, 2.05) is 6.92 Å². The molecule has 0 amide bonds. The molecule has 1 saturated heterocycles. The smallest absolute Gasteiger partial charge is 0.123 e. The van der Waals surface area contributed by atoms with Crippen LogP contribution in [0, 0.1) is 5.82 Å². The molecular weight excluding hydrogens is 269 g/mol. The van der Waals surface area contributed by atoms with Crippen LogP contribution >= 0.6 is 0 Å². The summed E-state index contributed by atoms with van der Waals surface area (Å²) < 4.78 is 25.2. The summed E-state index contributed by atoms with van der Waals surface area (Å²) >= 11 is 0. The van der Waals surface area contributed by atoms with E-state index in [-0.39, 0.29) is 23.6 Å². The Morgan fingerprint density at radius 2 is 2.24 bits per heavy atom. The number of nitrogens with two attached hydrogens (primary N) is 1. The van der Waals surface area contributed by atoms with Crippen LogP contribution in [-0.4, -0.2) is 24.4 Å². The van der Waals surface area contributed by atoms with Gasteiger partial charge in [-0.1, -0.05) is 6.92 Å². The summed E-state index contributed by atoms with van der Waals surface area (Å²) in [6.07, 6.45) is 3.63. The lowest BCUT2D eigenvalue weighted by atomic mass is 10.0. The van der Waals surface area contributed by atoms with Crippen molar-refractivity contribution in [3.05, 3.63) is 29.6 Å². The van der Waals surface area contributed by atoms with Crippen LogP contribution in [-0.2, 0) is 11.2 Å². The van der Waals surface area contributed by atoms with E-state index < -0.39 is 0 Å². The van der Waals surface area contributed by atoms with Gasteiger partial charge in [0.25, 0.3) is 0 Å². The summed E-state index contributed by atoms with van der Waals surface area (Å²) in [6, 6.07) is 4.66. The lowest BCUT2D eigenvalue weighted by molar-refractivity contribution is -0.0327. The maximum atomic E-state index is 13.4. The van der Waals surface area contributed by atoms with E-state index >= 15 is 0 Å². The molecule has 4 heteroatoms. The minimum absolute atomic E-state index is 0.0239. The number of hydrogen-bond donors (Lipinski definition) is 1. The molecule has 0 aliphatic carbocycles. The first-order chi connectivity index (χ1) is 9.89. The molecule has 3 nitrogen and oxygen atoms in total. The summed E-state index contributed by atoms with van der Waals surface area (Å²) in [4.78, 5) is 0. The minimum Gasteiger partial charge on any atom is -0.491 e. The highest BCUT2D eigenvalue weighted by Gasteiger charge is 2.32. The fourth-order valence-electron chi connectivity index (χ4n) is 2.65. The van der Waals surface area contributed by atoms with Crippen LogP contribution in [0.25, 0.3) is 0 Å². The molecule has 0 bridgehead atoms. The van der Waals surface area contributed by atoms with Crippen LogP contribution in [0.1, 0.15) is 45.6 Å². The summed E-state index contributed by atoms with van der Waals surface area (Å²) in [5.74, 6) is 0.465. The van der Waals surface area contributed by atoms with Crippen molar-refractivity contribution in [1.82, 2.24) is 0 Å². The molecule has 2 unspecified atom stereocenters. The zero-order chi connectivity index (χ0) is 15.5. The Hall–Kier alpha value is -1.13. The van der Waals surface area contributed by atoms with Crippen LogP contribution in [0.4, 0.5) is 4.39 Å². The van der Waals surface area contributed by atoms with Crippen molar-refractivity contribution in [2.45, 2.75) is 64.2 Å². The topological polar surface area (TPSA) is 44.5 Å². The lowest BCUT2D eigenvalue weighted by Crippen LogP contribution is -2.25. The monoisotopic (exact) mass is 295 g/mol. The third-order valence-electron chi connectivity index (χ3n) is 4.01. The Morgan fingerprint density at radius 1 is 1.48 bits per heavy atom. The van der Waals surface area contributed by atoms with Crippen molar-refractivity contribution in [2.75, 3.05) is 6.61 Å². The largest absolute Gasteiger partial charge is 0.491 e. The molecule has 0 spiro atoms. The normalized spacial score (nSPS) is 22.2. The predicted octanol–water partition coefficient (Wildman–Crippen LogP) is 3.44. The highest BCUT2D eigenvalue weighted by molar-refractivity contribution is 5.34. The quantitative estimate of drug-likeness (QED) is 0.874. The maximum Gasteiger partial charge on any atom is 0.123 e. The van der Waals surface area contributed by atoms with E-state index in [2.05, 4.69) is 13.8 Å². The number of ether oxygens (including phenoxy) is 2. The summed E-state index contributed by atoms with van der Waals surface area (Å²) in [7, 11) is 0. The second-order valence-corrected chi connectivity index (χ2v) is 6.47. The molecule has 1 fully saturated rings. The van der Waals surface area contributed by atoms with E-state index in [0.29, 0.717) is 18.8 Å². The summed E-state index contributed by atoms with van der Waals surface area (Å²) in [5, 5.41) is 0. The standard InChI is InChI=1S/C17H26FNO2/c1-4-14(19)10-12-9-13(18)5-6-16(12)20-11-15-7-8-17(2,3)21-15/h5-6,9,14-15H,4,7-8,10-11,19H2,1-3H3. The Labute approximate surface area is 126 Å². The van der Waals surface area contributed by atoms with Gasteiger partial charge in [0, 0.05) is 6.04 Å². The Bertz CT molecular complexity index is 476. The van der Waals surface area contributed by atoms with E-state index in [4.69, 9.17) is 15.2 Å². The maximum absolute atomic E-state index is 13.4. The first-order valence-electron chi connectivity index (χ1n) is 7.74. The van der Waals surface area contributed by atoms with E-state index in [9.17, 15) is 4.39 Å². The lowest BCUT2D eigenvalue weighted by Gasteiger charge is -2.20. The average Bonchev–Trinajstić information content (AvgIpc) is 2.77. The zero-order valence-electron chi connectivity index (χ0n) is 13.2. The first kappa shape index (κ1) is 16.2. The van der Waals surface area contributed by atoms with Gasteiger partial charge >= 0.3 is 0 Å². The van der Waals surface area contributed by atoms with Gasteiger partial charge in [-0.2, -0.15) is 0 Å². The molecule has 1 aromatic rings. The van der Waals surface area contributed by atoms with Gasteiger partial charge in [0.15, 0.2) is 0 Å². The molecule has 2 rings (SSSR count). The van der Waals surface area contributed by atoms with Gasteiger partial charge in [-0.15, -0.1) is 0 Å². The molecule has 1 heterocycles. The predicted molar refractivity (Wildman–Crippen MR) is 82.1 cm³/mol. The summed E-state index contributed by atoms with van der Waals surface area (Å²) in [6.45, 7) is 6.72. The first-order valence-corrected chi connectivity index (χ1v) is 7.74. The van der Waals surface area contributed by atoms with E-state index in [0.717, 1.165) is 24.8 Å². The van der Waals surface area contributed by atoms with Gasteiger partial charge in [0.2, 0.25) is 0 Å². The molecule has 0 saturated carbocycles. The van der Waals surface area contributed by atoms with Gasteiger partial charge < -0.3 is 15.2 Å². The van der Waals surface area contributed by atoms with Crippen molar-refractivity contribution in [3.8, 4) is 5.75 Å². The van der Waals surface area contributed by atoms with Crippen molar-refractivity contribution in [2.24, 2.45) is 5.73 Å². The molecule has 1 aliphatic rings. The molecule has 1 aliphatic heterocycles. The molecule has 0 radical (unpaired) electrons.